The largest absolute Gasteiger partial charge is 0.497 e. The molecule has 0 spiro atoms. The van der Waals surface area contributed by atoms with Crippen molar-refractivity contribution in [3.8, 4) is 5.75 Å². The minimum Gasteiger partial charge on any atom is -0.497 e. The van der Waals surface area contributed by atoms with Gasteiger partial charge in [0.2, 0.25) is 0 Å². The number of ether oxygens (including phenoxy) is 1. The molecule has 0 aliphatic heterocycles. The topological polar surface area (TPSA) is 53.1 Å². The molecular weight excluding hydrogens is 250 g/mol. The second kappa shape index (κ2) is 6.75. The van der Waals surface area contributed by atoms with Gasteiger partial charge in [-0.2, -0.15) is 0 Å². The molecule has 2 aromatic rings. The predicted octanol–water partition coefficient (Wildman–Crippen LogP) is 3.12. The van der Waals surface area contributed by atoms with Gasteiger partial charge in [-0.3, -0.25) is 0 Å². The van der Waals surface area contributed by atoms with Gasteiger partial charge < -0.3 is 15.0 Å². The van der Waals surface area contributed by atoms with E-state index < -0.39 is 0 Å². The van der Waals surface area contributed by atoms with Crippen LogP contribution in [0, 0.1) is 0 Å². The second-order valence-corrected chi connectivity index (χ2v) is 5.29. The van der Waals surface area contributed by atoms with Crippen LogP contribution in [0.1, 0.15) is 38.9 Å². The number of nitrogens with two attached hydrogens (primary N) is 1. The Balaban J connectivity index is 2.38. The quantitative estimate of drug-likeness (QED) is 0.844. The summed E-state index contributed by atoms with van der Waals surface area (Å²) in [4.78, 5) is 4.77. The number of aryl methyl sites for hydroxylation is 1. The Hall–Kier alpha value is -1.55. The molecular formula is C16H25N3O. The van der Waals surface area contributed by atoms with Crippen molar-refractivity contribution in [2.24, 2.45) is 5.73 Å². The summed E-state index contributed by atoms with van der Waals surface area (Å²) in [7, 11) is 1.68. The van der Waals surface area contributed by atoms with Gasteiger partial charge in [0.1, 0.15) is 11.6 Å². The molecule has 20 heavy (non-hydrogen) atoms. The van der Waals surface area contributed by atoms with Gasteiger partial charge in [-0.25, -0.2) is 4.98 Å². The van der Waals surface area contributed by atoms with Crippen molar-refractivity contribution < 1.29 is 4.74 Å². The van der Waals surface area contributed by atoms with Gasteiger partial charge >= 0.3 is 0 Å². The third kappa shape index (κ3) is 3.12. The second-order valence-electron chi connectivity index (χ2n) is 5.29. The van der Waals surface area contributed by atoms with Crippen LogP contribution >= 0.6 is 0 Å². The van der Waals surface area contributed by atoms with Gasteiger partial charge in [0.05, 0.1) is 18.1 Å². The van der Waals surface area contributed by atoms with Crippen LogP contribution in [-0.2, 0) is 13.0 Å². The molecule has 0 aliphatic carbocycles. The highest BCUT2D eigenvalue weighted by Crippen LogP contribution is 2.23. The smallest absolute Gasteiger partial charge is 0.121 e. The standard InChI is InChI=1S/C16H25N3O/c1-4-6-12(17)10-16-18-14-11-13(20-3)7-8-15(14)19(16)9-5-2/h7-8,11-12H,4-6,9-10,17H2,1-3H3. The highest BCUT2D eigenvalue weighted by atomic mass is 16.5. The van der Waals surface area contributed by atoms with Crippen LogP contribution in [-0.4, -0.2) is 22.7 Å². The van der Waals surface area contributed by atoms with Gasteiger partial charge in [-0.05, 0) is 25.0 Å². The number of aromatic nitrogens is 2. The molecule has 2 N–H and O–H groups in total. The van der Waals surface area contributed by atoms with Crippen LogP contribution < -0.4 is 10.5 Å². The Labute approximate surface area is 120 Å². The van der Waals surface area contributed by atoms with Gasteiger partial charge in [-0.15, -0.1) is 0 Å². The lowest BCUT2D eigenvalue weighted by atomic mass is 10.1. The SMILES string of the molecule is CCCC(N)Cc1nc2cc(OC)ccc2n1CCC. The molecule has 0 amide bonds. The molecule has 1 aromatic heterocycles. The zero-order valence-corrected chi connectivity index (χ0v) is 12.7. The zero-order chi connectivity index (χ0) is 14.5. The third-order valence-electron chi connectivity index (χ3n) is 3.59. The first-order valence-corrected chi connectivity index (χ1v) is 7.48. The van der Waals surface area contributed by atoms with E-state index in [2.05, 4.69) is 24.5 Å². The first kappa shape index (κ1) is 14.9. The zero-order valence-electron chi connectivity index (χ0n) is 12.7. The van der Waals surface area contributed by atoms with E-state index in [1.165, 1.54) is 5.52 Å². The normalized spacial score (nSPS) is 12.8. The molecule has 0 saturated carbocycles. The Morgan fingerprint density at radius 1 is 1.30 bits per heavy atom. The van der Waals surface area contributed by atoms with Crippen LogP contribution in [0.25, 0.3) is 11.0 Å². The van der Waals surface area contributed by atoms with Crippen molar-refractivity contribution in [1.82, 2.24) is 9.55 Å². The predicted molar refractivity (Wildman–Crippen MR) is 83.2 cm³/mol. The Morgan fingerprint density at radius 2 is 2.10 bits per heavy atom. The summed E-state index contributed by atoms with van der Waals surface area (Å²) in [5, 5.41) is 0. The molecule has 0 saturated heterocycles. The summed E-state index contributed by atoms with van der Waals surface area (Å²) in [6, 6.07) is 6.27. The van der Waals surface area contributed by atoms with E-state index in [0.29, 0.717) is 0 Å². The summed E-state index contributed by atoms with van der Waals surface area (Å²) >= 11 is 0. The molecule has 110 valence electrons. The highest BCUT2D eigenvalue weighted by Gasteiger charge is 2.13. The number of nitrogens with zero attached hydrogens (tertiary/aromatic N) is 2. The van der Waals surface area contributed by atoms with Crippen LogP contribution in [0.4, 0.5) is 0 Å². The molecule has 1 unspecified atom stereocenters. The van der Waals surface area contributed by atoms with E-state index in [9.17, 15) is 0 Å². The number of fused-ring (bicyclic) bond motifs is 1. The van der Waals surface area contributed by atoms with E-state index >= 15 is 0 Å². The average Bonchev–Trinajstić information content (AvgIpc) is 2.76. The summed E-state index contributed by atoms with van der Waals surface area (Å²) in [6.45, 7) is 5.34. The Morgan fingerprint density at radius 3 is 2.75 bits per heavy atom. The van der Waals surface area contributed by atoms with E-state index in [1.807, 2.05) is 12.1 Å². The fourth-order valence-electron chi connectivity index (χ4n) is 2.62. The molecule has 4 heteroatoms. The molecule has 0 aliphatic rings. The number of methoxy groups -OCH3 is 1. The summed E-state index contributed by atoms with van der Waals surface area (Å²) in [5.74, 6) is 1.94. The van der Waals surface area contributed by atoms with Crippen LogP contribution in [0.2, 0.25) is 0 Å². The lowest BCUT2D eigenvalue weighted by molar-refractivity contribution is 0.415. The number of rotatable bonds is 7. The monoisotopic (exact) mass is 275 g/mol. The number of benzene rings is 1. The van der Waals surface area contributed by atoms with Crippen molar-refractivity contribution in [2.45, 2.75) is 52.1 Å². The fraction of sp³-hybridized carbons (Fsp3) is 0.562. The molecule has 0 bridgehead atoms. The molecule has 0 radical (unpaired) electrons. The summed E-state index contributed by atoms with van der Waals surface area (Å²) < 4.78 is 7.57. The van der Waals surface area contributed by atoms with E-state index in [4.69, 9.17) is 15.5 Å². The van der Waals surface area contributed by atoms with E-state index in [1.54, 1.807) is 7.11 Å². The average molecular weight is 275 g/mol. The number of hydrogen-bond donors (Lipinski definition) is 1. The molecule has 2 rings (SSSR count). The Kier molecular flexibility index (Phi) is 5.01. The van der Waals surface area contributed by atoms with Crippen LogP contribution in [0.5, 0.6) is 5.75 Å². The maximum Gasteiger partial charge on any atom is 0.121 e. The molecule has 1 aromatic carbocycles. The van der Waals surface area contributed by atoms with Crippen LogP contribution in [0.3, 0.4) is 0 Å². The van der Waals surface area contributed by atoms with Gasteiger partial charge in [0, 0.05) is 25.1 Å². The minimum absolute atomic E-state index is 0.189. The maximum atomic E-state index is 6.18. The first-order chi connectivity index (χ1) is 9.69. The van der Waals surface area contributed by atoms with Gasteiger partial charge in [0.15, 0.2) is 0 Å². The van der Waals surface area contributed by atoms with Crippen molar-refractivity contribution in [1.29, 1.82) is 0 Å². The fourth-order valence-corrected chi connectivity index (χ4v) is 2.62. The summed E-state index contributed by atoms with van der Waals surface area (Å²) in [5.41, 5.74) is 8.35. The molecule has 4 nitrogen and oxygen atoms in total. The number of hydrogen-bond acceptors (Lipinski definition) is 3. The van der Waals surface area contributed by atoms with Crippen molar-refractivity contribution in [3.05, 3.63) is 24.0 Å². The van der Waals surface area contributed by atoms with Crippen molar-refractivity contribution in [2.75, 3.05) is 7.11 Å². The minimum atomic E-state index is 0.189. The molecule has 1 heterocycles. The number of imidazole rings is 1. The summed E-state index contributed by atoms with van der Waals surface area (Å²) in [6.07, 6.45) is 4.08. The third-order valence-corrected chi connectivity index (χ3v) is 3.59. The maximum absolute atomic E-state index is 6.18. The van der Waals surface area contributed by atoms with E-state index in [0.717, 1.165) is 49.3 Å². The lowest BCUT2D eigenvalue weighted by Crippen LogP contribution is -2.24. The van der Waals surface area contributed by atoms with Crippen molar-refractivity contribution in [3.63, 3.8) is 0 Å². The van der Waals surface area contributed by atoms with Crippen molar-refractivity contribution >= 4 is 11.0 Å². The highest BCUT2D eigenvalue weighted by molar-refractivity contribution is 5.77. The lowest BCUT2D eigenvalue weighted by Gasteiger charge is -2.12. The van der Waals surface area contributed by atoms with Crippen LogP contribution in [0.15, 0.2) is 18.2 Å². The van der Waals surface area contributed by atoms with Gasteiger partial charge in [-0.1, -0.05) is 20.3 Å². The molecule has 1 atom stereocenters. The Bertz CT molecular complexity index is 562. The van der Waals surface area contributed by atoms with Gasteiger partial charge in [0.25, 0.3) is 0 Å². The van der Waals surface area contributed by atoms with E-state index in [-0.39, 0.29) is 6.04 Å². The molecule has 0 fully saturated rings. The first-order valence-electron chi connectivity index (χ1n) is 7.48.